The second-order valence-corrected chi connectivity index (χ2v) is 7.90. The average molecular weight is 390 g/mol. The summed E-state index contributed by atoms with van der Waals surface area (Å²) in [4.78, 5) is 21.5. The Labute approximate surface area is 167 Å². The highest BCUT2D eigenvalue weighted by molar-refractivity contribution is 6.00. The number of nitrogens with zero attached hydrogens (tertiary/aromatic N) is 5. The van der Waals surface area contributed by atoms with E-state index in [0.29, 0.717) is 33.7 Å². The van der Waals surface area contributed by atoms with E-state index in [1.807, 2.05) is 26.8 Å². The van der Waals surface area contributed by atoms with Gasteiger partial charge in [-0.1, -0.05) is 0 Å². The first kappa shape index (κ1) is 18.7. The summed E-state index contributed by atoms with van der Waals surface area (Å²) in [5.74, 6) is 0.475. The topological polar surface area (TPSA) is 135 Å². The summed E-state index contributed by atoms with van der Waals surface area (Å²) in [6, 6.07) is 5.55. The molecule has 1 saturated carbocycles. The Morgan fingerprint density at radius 3 is 2.76 bits per heavy atom. The molecule has 0 spiro atoms. The van der Waals surface area contributed by atoms with Crippen LogP contribution in [0.3, 0.4) is 0 Å². The highest BCUT2D eigenvalue weighted by Gasteiger charge is 2.39. The summed E-state index contributed by atoms with van der Waals surface area (Å²) in [5.41, 5.74) is 7.68. The number of amides is 1. The number of anilines is 2. The van der Waals surface area contributed by atoms with Crippen molar-refractivity contribution in [1.82, 2.24) is 25.1 Å². The lowest BCUT2D eigenvalue weighted by molar-refractivity contribution is 0.0936. The Kier molecular flexibility index (Phi) is 4.34. The quantitative estimate of drug-likeness (QED) is 0.609. The van der Waals surface area contributed by atoms with Gasteiger partial charge in [0.1, 0.15) is 11.9 Å². The Morgan fingerprint density at radius 1 is 1.34 bits per heavy atom. The van der Waals surface area contributed by atoms with Crippen molar-refractivity contribution in [3.8, 4) is 11.9 Å². The number of nitriles is 1. The molecule has 3 heterocycles. The second-order valence-electron chi connectivity index (χ2n) is 7.90. The minimum atomic E-state index is -0.154. The van der Waals surface area contributed by atoms with Gasteiger partial charge >= 0.3 is 0 Å². The van der Waals surface area contributed by atoms with Crippen molar-refractivity contribution in [2.75, 3.05) is 11.1 Å². The SMILES string of the molecule is CC(C)Nc1cc(-n2ncc3cc(C#N)c(N)nc32)ncc1C(=O)NC1(C)CC1. The van der Waals surface area contributed by atoms with Crippen LogP contribution in [0.4, 0.5) is 11.5 Å². The van der Waals surface area contributed by atoms with E-state index in [1.54, 1.807) is 29.2 Å². The lowest BCUT2D eigenvalue weighted by Crippen LogP contribution is -2.35. The number of carbonyl (C=O) groups is 1. The molecule has 4 N–H and O–H groups in total. The number of carbonyl (C=O) groups excluding carboxylic acids is 1. The molecule has 0 aliphatic heterocycles. The van der Waals surface area contributed by atoms with Crippen LogP contribution in [0.5, 0.6) is 0 Å². The number of aromatic nitrogens is 4. The molecule has 1 aliphatic rings. The molecular formula is C20H22N8O. The van der Waals surface area contributed by atoms with Gasteiger partial charge in [0.25, 0.3) is 5.91 Å². The lowest BCUT2D eigenvalue weighted by atomic mass is 10.1. The molecule has 0 aromatic carbocycles. The number of hydrogen-bond donors (Lipinski definition) is 3. The Hall–Kier alpha value is -3.67. The smallest absolute Gasteiger partial charge is 0.255 e. The molecular weight excluding hydrogens is 368 g/mol. The van der Waals surface area contributed by atoms with Crippen LogP contribution in [-0.2, 0) is 0 Å². The lowest BCUT2D eigenvalue weighted by Gasteiger charge is -2.17. The predicted octanol–water partition coefficient (Wildman–Crippen LogP) is 2.37. The van der Waals surface area contributed by atoms with Crippen molar-refractivity contribution in [2.45, 2.75) is 45.2 Å². The van der Waals surface area contributed by atoms with Crippen molar-refractivity contribution in [3.63, 3.8) is 0 Å². The number of fused-ring (bicyclic) bond motifs is 1. The molecule has 0 bridgehead atoms. The van der Waals surface area contributed by atoms with E-state index in [-0.39, 0.29) is 23.3 Å². The molecule has 148 valence electrons. The van der Waals surface area contributed by atoms with E-state index in [2.05, 4.69) is 25.7 Å². The van der Waals surface area contributed by atoms with E-state index in [1.165, 1.54) is 0 Å². The Morgan fingerprint density at radius 2 is 2.10 bits per heavy atom. The van der Waals surface area contributed by atoms with Crippen LogP contribution in [-0.4, -0.2) is 37.2 Å². The summed E-state index contributed by atoms with van der Waals surface area (Å²) in [5, 5.41) is 20.5. The fraction of sp³-hybridized carbons (Fsp3) is 0.350. The van der Waals surface area contributed by atoms with E-state index in [0.717, 1.165) is 12.8 Å². The van der Waals surface area contributed by atoms with Gasteiger partial charge in [0.2, 0.25) is 0 Å². The van der Waals surface area contributed by atoms with E-state index in [9.17, 15) is 4.79 Å². The highest BCUT2D eigenvalue weighted by atomic mass is 16.1. The standard InChI is InChI=1S/C20H22N8O/c1-11(2)25-15-7-16(23-10-14(15)19(29)27-20(3)4-5-20)28-18-13(9-24-28)6-12(8-21)17(22)26-18/h6-7,9-11H,4-5H2,1-3H3,(H2,22,26)(H,23,25)(H,27,29). The minimum Gasteiger partial charge on any atom is -0.383 e. The number of rotatable bonds is 5. The summed E-state index contributed by atoms with van der Waals surface area (Å²) in [6.07, 6.45) is 5.11. The third-order valence-corrected chi connectivity index (χ3v) is 4.90. The first-order valence-corrected chi connectivity index (χ1v) is 9.43. The van der Waals surface area contributed by atoms with Gasteiger partial charge < -0.3 is 16.4 Å². The van der Waals surface area contributed by atoms with E-state index < -0.39 is 0 Å². The zero-order valence-electron chi connectivity index (χ0n) is 16.5. The molecule has 1 fully saturated rings. The van der Waals surface area contributed by atoms with Gasteiger partial charge in [-0.05, 0) is 39.7 Å². The van der Waals surface area contributed by atoms with Crippen LogP contribution in [0.15, 0.2) is 24.5 Å². The maximum Gasteiger partial charge on any atom is 0.255 e. The second kappa shape index (κ2) is 6.74. The van der Waals surface area contributed by atoms with Gasteiger partial charge in [-0.2, -0.15) is 15.0 Å². The zero-order valence-corrected chi connectivity index (χ0v) is 16.5. The highest BCUT2D eigenvalue weighted by Crippen LogP contribution is 2.35. The minimum absolute atomic E-state index is 0.120. The molecule has 9 heteroatoms. The van der Waals surface area contributed by atoms with Crippen LogP contribution in [0, 0.1) is 11.3 Å². The van der Waals surface area contributed by atoms with Crippen LogP contribution in [0.25, 0.3) is 16.9 Å². The molecule has 0 saturated heterocycles. The maximum atomic E-state index is 12.8. The summed E-state index contributed by atoms with van der Waals surface area (Å²) < 4.78 is 1.54. The first-order chi connectivity index (χ1) is 13.8. The fourth-order valence-corrected chi connectivity index (χ4v) is 3.05. The molecule has 3 aromatic heterocycles. The molecule has 1 amide bonds. The monoisotopic (exact) mass is 390 g/mol. The van der Waals surface area contributed by atoms with Crippen LogP contribution < -0.4 is 16.4 Å². The number of nitrogens with two attached hydrogens (primary N) is 1. The molecule has 29 heavy (non-hydrogen) atoms. The van der Waals surface area contributed by atoms with Gasteiger partial charge in [-0.25, -0.2) is 9.97 Å². The van der Waals surface area contributed by atoms with Gasteiger partial charge in [0, 0.05) is 29.2 Å². The molecule has 0 unspecified atom stereocenters. The number of nitrogen functional groups attached to an aromatic ring is 1. The van der Waals surface area contributed by atoms with Gasteiger partial charge in [0.15, 0.2) is 11.5 Å². The van der Waals surface area contributed by atoms with Crippen LogP contribution in [0.2, 0.25) is 0 Å². The van der Waals surface area contributed by atoms with Crippen molar-refractivity contribution in [2.24, 2.45) is 0 Å². The first-order valence-electron chi connectivity index (χ1n) is 9.43. The van der Waals surface area contributed by atoms with E-state index in [4.69, 9.17) is 11.0 Å². The number of pyridine rings is 2. The maximum absolute atomic E-state index is 12.8. The molecule has 0 radical (unpaired) electrons. The molecule has 4 rings (SSSR count). The largest absolute Gasteiger partial charge is 0.383 e. The Balaban J connectivity index is 1.77. The molecule has 0 atom stereocenters. The number of hydrogen-bond acceptors (Lipinski definition) is 7. The third kappa shape index (κ3) is 3.57. The third-order valence-electron chi connectivity index (χ3n) is 4.90. The molecule has 3 aromatic rings. The molecule has 1 aliphatic carbocycles. The predicted molar refractivity (Wildman–Crippen MR) is 110 cm³/mol. The van der Waals surface area contributed by atoms with Crippen molar-refractivity contribution >= 4 is 28.4 Å². The normalized spacial score (nSPS) is 14.6. The summed E-state index contributed by atoms with van der Waals surface area (Å²) >= 11 is 0. The van der Waals surface area contributed by atoms with Crippen LogP contribution in [0.1, 0.15) is 49.5 Å². The Bertz CT molecular complexity index is 1150. The van der Waals surface area contributed by atoms with Crippen LogP contribution >= 0.6 is 0 Å². The van der Waals surface area contributed by atoms with Crippen molar-refractivity contribution in [1.29, 1.82) is 5.26 Å². The summed E-state index contributed by atoms with van der Waals surface area (Å²) in [6.45, 7) is 6.03. The zero-order chi connectivity index (χ0) is 20.8. The van der Waals surface area contributed by atoms with Gasteiger partial charge in [-0.3, -0.25) is 4.79 Å². The summed E-state index contributed by atoms with van der Waals surface area (Å²) in [7, 11) is 0. The van der Waals surface area contributed by atoms with Crippen molar-refractivity contribution < 1.29 is 4.79 Å². The van der Waals surface area contributed by atoms with Gasteiger partial charge in [0.05, 0.1) is 23.0 Å². The average Bonchev–Trinajstić information content (AvgIpc) is 3.24. The van der Waals surface area contributed by atoms with E-state index >= 15 is 0 Å². The molecule has 9 nitrogen and oxygen atoms in total. The van der Waals surface area contributed by atoms with Gasteiger partial charge in [-0.15, -0.1) is 0 Å². The number of nitrogens with one attached hydrogen (secondary N) is 2. The fourth-order valence-electron chi connectivity index (χ4n) is 3.05. The van der Waals surface area contributed by atoms with Crippen molar-refractivity contribution in [3.05, 3.63) is 35.7 Å².